The third-order valence-corrected chi connectivity index (χ3v) is 3.49. The zero-order valence-corrected chi connectivity index (χ0v) is 11.6. The molecule has 0 fully saturated rings. The molecule has 5 heteroatoms. The second-order valence-electron chi connectivity index (χ2n) is 4.25. The number of hydrogen-bond acceptors (Lipinski definition) is 4. The first-order chi connectivity index (χ1) is 8.04. The minimum absolute atomic E-state index is 0.354. The smallest absolute Gasteiger partial charge is 0.137 e. The molecule has 0 spiro atoms. The quantitative estimate of drug-likeness (QED) is 0.798. The van der Waals surface area contributed by atoms with Gasteiger partial charge in [0.25, 0.3) is 0 Å². The Morgan fingerprint density at radius 1 is 1.29 bits per heavy atom. The maximum Gasteiger partial charge on any atom is 0.137 e. The third kappa shape index (κ3) is 3.23. The summed E-state index contributed by atoms with van der Waals surface area (Å²) < 4.78 is 0. The SMILES string of the molecule is Cc1csc(Cc2nc(Cl)cc(C(C)C)n2)n1. The van der Waals surface area contributed by atoms with E-state index < -0.39 is 0 Å². The Kier molecular flexibility index (Phi) is 3.74. The van der Waals surface area contributed by atoms with Crippen LogP contribution in [0.3, 0.4) is 0 Å². The van der Waals surface area contributed by atoms with Crippen LogP contribution in [0.15, 0.2) is 11.4 Å². The van der Waals surface area contributed by atoms with E-state index in [4.69, 9.17) is 11.6 Å². The lowest BCUT2D eigenvalue weighted by Gasteiger charge is -2.06. The Hall–Kier alpha value is -1.00. The molecule has 3 nitrogen and oxygen atoms in total. The summed E-state index contributed by atoms with van der Waals surface area (Å²) in [7, 11) is 0. The molecular formula is C12H14ClN3S. The largest absolute Gasteiger partial charge is 0.246 e. The molecule has 0 atom stereocenters. The molecule has 0 aliphatic rings. The number of hydrogen-bond donors (Lipinski definition) is 0. The second kappa shape index (κ2) is 5.10. The van der Waals surface area contributed by atoms with Crippen LogP contribution in [0, 0.1) is 6.92 Å². The van der Waals surface area contributed by atoms with Crippen molar-refractivity contribution in [3.63, 3.8) is 0 Å². The van der Waals surface area contributed by atoms with E-state index in [1.807, 2.05) is 18.4 Å². The number of thiazole rings is 1. The van der Waals surface area contributed by atoms with Crippen LogP contribution in [-0.2, 0) is 6.42 Å². The van der Waals surface area contributed by atoms with Gasteiger partial charge in [-0.2, -0.15) is 0 Å². The van der Waals surface area contributed by atoms with Crippen LogP contribution >= 0.6 is 22.9 Å². The monoisotopic (exact) mass is 267 g/mol. The minimum Gasteiger partial charge on any atom is -0.246 e. The maximum absolute atomic E-state index is 6.00. The van der Waals surface area contributed by atoms with Gasteiger partial charge in [-0.15, -0.1) is 11.3 Å². The molecule has 0 saturated heterocycles. The summed E-state index contributed by atoms with van der Waals surface area (Å²) in [6.45, 7) is 6.17. The van der Waals surface area contributed by atoms with Gasteiger partial charge in [0.05, 0.1) is 6.42 Å². The van der Waals surface area contributed by atoms with Gasteiger partial charge in [0.1, 0.15) is 16.0 Å². The van der Waals surface area contributed by atoms with Crippen LogP contribution in [0.5, 0.6) is 0 Å². The molecule has 0 amide bonds. The molecule has 0 bridgehead atoms. The molecule has 0 aromatic carbocycles. The lowest BCUT2D eigenvalue weighted by molar-refractivity contribution is 0.790. The Bertz CT molecular complexity index is 522. The van der Waals surface area contributed by atoms with Crippen LogP contribution in [0.25, 0.3) is 0 Å². The maximum atomic E-state index is 6.00. The van der Waals surface area contributed by atoms with Crippen molar-refractivity contribution in [3.05, 3.63) is 38.8 Å². The highest BCUT2D eigenvalue weighted by Gasteiger charge is 2.09. The topological polar surface area (TPSA) is 38.7 Å². The van der Waals surface area contributed by atoms with Crippen LogP contribution in [0.1, 0.15) is 42.0 Å². The Balaban J connectivity index is 2.26. The first kappa shape index (κ1) is 12.5. The van der Waals surface area contributed by atoms with Crippen molar-refractivity contribution in [1.82, 2.24) is 15.0 Å². The van der Waals surface area contributed by atoms with Gasteiger partial charge in [0.15, 0.2) is 0 Å². The van der Waals surface area contributed by atoms with Gasteiger partial charge in [0, 0.05) is 16.8 Å². The van der Waals surface area contributed by atoms with Crippen molar-refractivity contribution < 1.29 is 0 Å². The first-order valence-corrected chi connectivity index (χ1v) is 6.74. The van der Waals surface area contributed by atoms with Crippen LogP contribution in [-0.4, -0.2) is 15.0 Å². The molecule has 0 unspecified atom stereocenters. The Labute approximate surface area is 110 Å². The molecule has 0 aliphatic carbocycles. The third-order valence-electron chi connectivity index (χ3n) is 2.33. The minimum atomic E-state index is 0.354. The Morgan fingerprint density at radius 3 is 2.65 bits per heavy atom. The standard InChI is InChI=1S/C12H14ClN3S/c1-7(2)9-4-10(13)16-11(15-9)5-12-14-8(3)6-17-12/h4,6-7H,5H2,1-3H3. The summed E-state index contributed by atoms with van der Waals surface area (Å²) in [6.07, 6.45) is 0.652. The van der Waals surface area contributed by atoms with Crippen LogP contribution in [0.4, 0.5) is 0 Å². The number of nitrogens with zero attached hydrogens (tertiary/aromatic N) is 3. The van der Waals surface area contributed by atoms with Gasteiger partial charge < -0.3 is 0 Å². The van der Waals surface area contributed by atoms with Crippen LogP contribution in [0.2, 0.25) is 5.15 Å². The lowest BCUT2D eigenvalue weighted by Crippen LogP contribution is -2.02. The molecule has 2 rings (SSSR count). The van der Waals surface area contributed by atoms with Crippen molar-refractivity contribution in [2.75, 3.05) is 0 Å². The summed E-state index contributed by atoms with van der Waals surface area (Å²) in [5, 5.41) is 3.56. The Morgan fingerprint density at radius 2 is 2.06 bits per heavy atom. The van der Waals surface area contributed by atoms with Crippen molar-refractivity contribution in [2.45, 2.75) is 33.1 Å². The molecular weight excluding hydrogens is 254 g/mol. The molecule has 90 valence electrons. The number of aromatic nitrogens is 3. The van der Waals surface area contributed by atoms with Crippen molar-refractivity contribution in [1.29, 1.82) is 0 Å². The number of aryl methyl sites for hydroxylation is 1. The molecule has 2 aromatic heterocycles. The van der Waals surface area contributed by atoms with Crippen molar-refractivity contribution in [3.8, 4) is 0 Å². The first-order valence-electron chi connectivity index (χ1n) is 5.49. The average Bonchev–Trinajstić information content (AvgIpc) is 2.63. The van der Waals surface area contributed by atoms with Crippen molar-refractivity contribution >= 4 is 22.9 Å². The number of rotatable bonds is 3. The highest BCUT2D eigenvalue weighted by Crippen LogP contribution is 2.18. The summed E-state index contributed by atoms with van der Waals surface area (Å²) in [5.41, 5.74) is 2.02. The fourth-order valence-electron chi connectivity index (χ4n) is 1.48. The molecule has 2 heterocycles. The zero-order chi connectivity index (χ0) is 12.4. The highest BCUT2D eigenvalue weighted by molar-refractivity contribution is 7.09. The van der Waals surface area contributed by atoms with Gasteiger partial charge in [-0.3, -0.25) is 0 Å². The van der Waals surface area contributed by atoms with E-state index >= 15 is 0 Å². The zero-order valence-electron chi connectivity index (χ0n) is 10.1. The molecule has 2 aromatic rings. The summed E-state index contributed by atoms with van der Waals surface area (Å²) in [4.78, 5) is 13.2. The van der Waals surface area contributed by atoms with Gasteiger partial charge in [-0.1, -0.05) is 25.4 Å². The lowest BCUT2D eigenvalue weighted by atomic mass is 10.1. The number of halogens is 1. The van der Waals surface area contributed by atoms with E-state index in [2.05, 4.69) is 28.8 Å². The summed E-state index contributed by atoms with van der Waals surface area (Å²) >= 11 is 7.63. The van der Waals surface area contributed by atoms with Crippen LogP contribution < -0.4 is 0 Å². The van der Waals surface area contributed by atoms with Gasteiger partial charge in [-0.05, 0) is 18.9 Å². The van der Waals surface area contributed by atoms with Gasteiger partial charge in [-0.25, -0.2) is 15.0 Å². The average molecular weight is 268 g/mol. The predicted molar refractivity (Wildman–Crippen MR) is 70.8 cm³/mol. The van der Waals surface area contributed by atoms with E-state index in [0.717, 1.165) is 22.2 Å². The molecule has 0 radical (unpaired) electrons. The fourth-order valence-corrected chi connectivity index (χ4v) is 2.46. The van der Waals surface area contributed by atoms with Gasteiger partial charge in [0.2, 0.25) is 0 Å². The summed E-state index contributed by atoms with van der Waals surface area (Å²) in [5.74, 6) is 1.10. The van der Waals surface area contributed by atoms with Gasteiger partial charge >= 0.3 is 0 Å². The van der Waals surface area contributed by atoms with E-state index in [1.54, 1.807) is 11.3 Å². The van der Waals surface area contributed by atoms with E-state index in [0.29, 0.717) is 17.5 Å². The normalized spacial score (nSPS) is 11.1. The fraction of sp³-hybridized carbons (Fsp3) is 0.417. The molecule has 0 saturated carbocycles. The molecule has 0 N–H and O–H groups in total. The predicted octanol–water partition coefficient (Wildman–Crippen LogP) is 3.61. The van der Waals surface area contributed by atoms with E-state index in [9.17, 15) is 0 Å². The van der Waals surface area contributed by atoms with E-state index in [1.165, 1.54) is 0 Å². The van der Waals surface area contributed by atoms with E-state index in [-0.39, 0.29) is 0 Å². The second-order valence-corrected chi connectivity index (χ2v) is 5.58. The van der Waals surface area contributed by atoms with Crippen molar-refractivity contribution in [2.24, 2.45) is 0 Å². The molecule has 0 aliphatic heterocycles. The highest BCUT2D eigenvalue weighted by atomic mass is 35.5. The summed E-state index contributed by atoms with van der Waals surface area (Å²) in [6, 6.07) is 1.82. The molecule has 17 heavy (non-hydrogen) atoms.